The molecule has 3 rings (SSSR count). The van der Waals surface area contributed by atoms with Gasteiger partial charge in [-0.15, -0.1) is 11.8 Å². The fourth-order valence-corrected chi connectivity index (χ4v) is 3.08. The average molecular weight is 349 g/mol. The monoisotopic (exact) mass is 349 g/mol. The number of anilines is 2. The van der Waals surface area contributed by atoms with Gasteiger partial charge in [0, 0.05) is 25.0 Å². The van der Waals surface area contributed by atoms with Gasteiger partial charge in [-0.25, -0.2) is 0 Å². The number of hydrogen-bond acceptors (Lipinski definition) is 10. The van der Waals surface area contributed by atoms with Crippen LogP contribution in [0.5, 0.6) is 0 Å². The summed E-state index contributed by atoms with van der Waals surface area (Å²) in [5.74, 6) is 3.75. The van der Waals surface area contributed by atoms with Crippen LogP contribution >= 0.6 is 23.1 Å². The Morgan fingerprint density at radius 1 is 1.22 bits per heavy atom. The van der Waals surface area contributed by atoms with Crippen molar-refractivity contribution in [2.75, 3.05) is 24.7 Å². The average Bonchev–Trinajstić information content (AvgIpc) is 3.17. The van der Waals surface area contributed by atoms with Crippen LogP contribution in [0.15, 0.2) is 21.3 Å². The molecule has 3 aromatic rings. The summed E-state index contributed by atoms with van der Waals surface area (Å²) >= 11 is 3.18. The standard InChI is InChI=1S/C13H15N7OS2/c1-20(2)13-16-9(15-12(14)18-13)6-23-7-10-17-11(19-21-10)8-3-4-22-5-8/h3-5H,6-7H2,1-2H3,(H2,14,15,16,18). The third-order valence-electron chi connectivity index (χ3n) is 2.79. The number of nitrogen functional groups attached to an aromatic ring is 1. The lowest BCUT2D eigenvalue weighted by molar-refractivity contribution is 0.391. The summed E-state index contributed by atoms with van der Waals surface area (Å²) < 4.78 is 5.25. The van der Waals surface area contributed by atoms with Gasteiger partial charge in [0.2, 0.25) is 23.6 Å². The Balaban J connectivity index is 1.59. The highest BCUT2D eigenvalue weighted by Crippen LogP contribution is 2.21. The van der Waals surface area contributed by atoms with Gasteiger partial charge in [0.15, 0.2) is 0 Å². The molecule has 10 heteroatoms. The fourth-order valence-electron chi connectivity index (χ4n) is 1.74. The number of thiophene rings is 1. The first-order valence-corrected chi connectivity index (χ1v) is 8.82. The van der Waals surface area contributed by atoms with E-state index in [-0.39, 0.29) is 5.95 Å². The van der Waals surface area contributed by atoms with Crippen LogP contribution in [0.4, 0.5) is 11.9 Å². The number of thioether (sulfide) groups is 1. The van der Waals surface area contributed by atoms with E-state index in [2.05, 4.69) is 25.1 Å². The van der Waals surface area contributed by atoms with Crippen molar-refractivity contribution in [3.63, 3.8) is 0 Å². The third kappa shape index (κ3) is 3.96. The smallest absolute Gasteiger partial charge is 0.236 e. The molecular formula is C13H15N7OS2. The highest BCUT2D eigenvalue weighted by Gasteiger charge is 2.10. The van der Waals surface area contributed by atoms with E-state index in [1.807, 2.05) is 30.9 Å². The zero-order valence-corrected chi connectivity index (χ0v) is 14.3. The van der Waals surface area contributed by atoms with E-state index in [1.54, 1.807) is 28.0 Å². The summed E-state index contributed by atoms with van der Waals surface area (Å²) in [7, 11) is 3.71. The Morgan fingerprint density at radius 3 is 2.83 bits per heavy atom. The molecule has 3 heterocycles. The number of nitrogens with zero attached hydrogens (tertiary/aromatic N) is 6. The predicted molar refractivity (Wildman–Crippen MR) is 91.2 cm³/mol. The van der Waals surface area contributed by atoms with Crippen molar-refractivity contribution >= 4 is 35.0 Å². The maximum absolute atomic E-state index is 5.70. The van der Waals surface area contributed by atoms with Gasteiger partial charge in [0.1, 0.15) is 5.82 Å². The first-order chi connectivity index (χ1) is 11.1. The minimum Gasteiger partial charge on any atom is -0.368 e. The first-order valence-electron chi connectivity index (χ1n) is 6.72. The molecule has 23 heavy (non-hydrogen) atoms. The molecule has 120 valence electrons. The molecule has 0 unspecified atom stereocenters. The molecule has 0 aliphatic heterocycles. The summed E-state index contributed by atoms with van der Waals surface area (Å²) in [6.45, 7) is 0. The van der Waals surface area contributed by atoms with E-state index >= 15 is 0 Å². The second kappa shape index (κ2) is 6.92. The van der Waals surface area contributed by atoms with Crippen LogP contribution in [0.25, 0.3) is 11.4 Å². The molecule has 0 fully saturated rings. The Kier molecular flexibility index (Phi) is 4.72. The Hall–Kier alpha value is -2.20. The van der Waals surface area contributed by atoms with E-state index in [9.17, 15) is 0 Å². The molecule has 0 atom stereocenters. The summed E-state index contributed by atoms with van der Waals surface area (Å²) in [6, 6.07) is 1.96. The van der Waals surface area contributed by atoms with Crippen LogP contribution in [0.1, 0.15) is 11.7 Å². The molecule has 0 aliphatic rings. The van der Waals surface area contributed by atoms with E-state index < -0.39 is 0 Å². The lowest BCUT2D eigenvalue weighted by Gasteiger charge is -2.10. The number of hydrogen-bond donors (Lipinski definition) is 1. The fraction of sp³-hybridized carbons (Fsp3) is 0.308. The zero-order valence-electron chi connectivity index (χ0n) is 12.6. The largest absolute Gasteiger partial charge is 0.368 e. The van der Waals surface area contributed by atoms with Crippen molar-refractivity contribution in [2.45, 2.75) is 11.5 Å². The van der Waals surface area contributed by atoms with Crippen LogP contribution in [0, 0.1) is 0 Å². The number of rotatable bonds is 6. The quantitative estimate of drug-likeness (QED) is 0.715. The minimum absolute atomic E-state index is 0.219. The normalized spacial score (nSPS) is 10.9. The second-order valence-electron chi connectivity index (χ2n) is 4.82. The van der Waals surface area contributed by atoms with Crippen molar-refractivity contribution < 1.29 is 4.52 Å². The molecule has 0 saturated heterocycles. The maximum atomic E-state index is 5.70. The molecule has 0 spiro atoms. The van der Waals surface area contributed by atoms with Gasteiger partial charge in [-0.05, 0) is 11.4 Å². The van der Waals surface area contributed by atoms with E-state index in [0.29, 0.717) is 35.0 Å². The van der Waals surface area contributed by atoms with Crippen molar-refractivity contribution in [2.24, 2.45) is 0 Å². The lowest BCUT2D eigenvalue weighted by atomic mass is 10.3. The Morgan fingerprint density at radius 2 is 2.09 bits per heavy atom. The van der Waals surface area contributed by atoms with E-state index in [1.165, 1.54) is 0 Å². The molecule has 3 aromatic heterocycles. The summed E-state index contributed by atoms with van der Waals surface area (Å²) in [6.07, 6.45) is 0. The molecule has 0 bridgehead atoms. The summed E-state index contributed by atoms with van der Waals surface area (Å²) in [5.41, 5.74) is 6.67. The molecule has 0 saturated carbocycles. The van der Waals surface area contributed by atoms with Crippen LogP contribution in [-0.4, -0.2) is 39.2 Å². The van der Waals surface area contributed by atoms with Crippen molar-refractivity contribution in [3.8, 4) is 11.4 Å². The molecule has 0 amide bonds. The van der Waals surface area contributed by atoms with Crippen LogP contribution in [0.2, 0.25) is 0 Å². The highest BCUT2D eigenvalue weighted by atomic mass is 32.2. The highest BCUT2D eigenvalue weighted by molar-refractivity contribution is 7.97. The van der Waals surface area contributed by atoms with E-state index in [0.717, 1.165) is 5.56 Å². The minimum atomic E-state index is 0.219. The van der Waals surface area contributed by atoms with Gasteiger partial charge in [-0.2, -0.15) is 31.3 Å². The van der Waals surface area contributed by atoms with Crippen LogP contribution in [-0.2, 0) is 11.5 Å². The SMILES string of the molecule is CN(C)c1nc(N)nc(CSCc2nc(-c3ccsc3)no2)n1. The Bertz CT molecular complexity index is 772. The first kappa shape index (κ1) is 15.7. The zero-order chi connectivity index (χ0) is 16.2. The molecule has 0 aromatic carbocycles. The van der Waals surface area contributed by atoms with Crippen LogP contribution in [0.3, 0.4) is 0 Å². The van der Waals surface area contributed by atoms with Gasteiger partial charge in [-0.3, -0.25) is 0 Å². The topological polar surface area (TPSA) is 107 Å². The number of nitrogens with two attached hydrogens (primary N) is 1. The van der Waals surface area contributed by atoms with Crippen LogP contribution < -0.4 is 10.6 Å². The summed E-state index contributed by atoms with van der Waals surface area (Å²) in [4.78, 5) is 18.7. The van der Waals surface area contributed by atoms with Crippen molar-refractivity contribution in [1.82, 2.24) is 25.1 Å². The molecule has 0 radical (unpaired) electrons. The third-order valence-corrected chi connectivity index (χ3v) is 4.39. The number of aromatic nitrogens is 5. The van der Waals surface area contributed by atoms with Crippen molar-refractivity contribution in [3.05, 3.63) is 28.5 Å². The second-order valence-corrected chi connectivity index (χ2v) is 6.59. The molecular weight excluding hydrogens is 334 g/mol. The Labute approximate surface area is 141 Å². The van der Waals surface area contributed by atoms with Gasteiger partial charge in [0.05, 0.1) is 11.5 Å². The predicted octanol–water partition coefficient (Wildman–Crippen LogP) is 2.06. The van der Waals surface area contributed by atoms with Crippen molar-refractivity contribution in [1.29, 1.82) is 0 Å². The lowest BCUT2D eigenvalue weighted by Crippen LogP contribution is -2.15. The molecule has 8 nitrogen and oxygen atoms in total. The summed E-state index contributed by atoms with van der Waals surface area (Å²) in [5, 5.41) is 7.94. The van der Waals surface area contributed by atoms with E-state index in [4.69, 9.17) is 10.3 Å². The van der Waals surface area contributed by atoms with Gasteiger partial charge >= 0.3 is 0 Å². The van der Waals surface area contributed by atoms with Gasteiger partial charge < -0.3 is 15.2 Å². The van der Waals surface area contributed by atoms with Gasteiger partial charge in [-0.1, -0.05) is 5.16 Å². The van der Waals surface area contributed by atoms with Gasteiger partial charge in [0.25, 0.3) is 0 Å². The maximum Gasteiger partial charge on any atom is 0.236 e. The molecule has 0 aliphatic carbocycles. The molecule has 2 N–H and O–H groups in total.